The number of thiophene rings is 1. The molecule has 0 fully saturated rings. The first-order valence-corrected chi connectivity index (χ1v) is 11.1. The summed E-state index contributed by atoms with van der Waals surface area (Å²) in [5.41, 5.74) is 0. The number of rotatable bonds is 4. The van der Waals surface area contributed by atoms with E-state index in [0.29, 0.717) is 16.5 Å². The van der Waals surface area contributed by atoms with Crippen LogP contribution >= 0.6 is 50.5 Å². The molecule has 0 aliphatic carbocycles. The van der Waals surface area contributed by atoms with Gasteiger partial charge in [0.15, 0.2) is 0 Å². The minimum atomic E-state index is -1.89. The van der Waals surface area contributed by atoms with E-state index in [1.165, 1.54) is 2.88 Å². The van der Waals surface area contributed by atoms with Gasteiger partial charge in [-0.15, -0.1) is 0 Å². The molecule has 0 unspecified atom stereocenters. The number of ether oxygens (including phenoxy) is 2. The molecule has 0 aliphatic rings. The van der Waals surface area contributed by atoms with Gasteiger partial charge in [0.05, 0.1) is 0 Å². The fourth-order valence-electron chi connectivity index (χ4n) is 1.39. The van der Waals surface area contributed by atoms with Gasteiger partial charge in [-0.25, -0.2) is 0 Å². The second-order valence-electron chi connectivity index (χ2n) is 3.28. The summed E-state index contributed by atoms with van der Waals surface area (Å²) in [5.74, 6) is 1.20. The maximum atomic E-state index is 6.60. The van der Waals surface area contributed by atoms with Crippen molar-refractivity contribution in [3.05, 3.63) is 41.1 Å². The molecule has 0 saturated carbocycles. The predicted molar refractivity (Wildman–Crippen MR) is 86.1 cm³/mol. The van der Waals surface area contributed by atoms with Gasteiger partial charge >= 0.3 is 127 Å². The van der Waals surface area contributed by atoms with Crippen molar-refractivity contribution < 1.29 is 9.47 Å². The van der Waals surface area contributed by atoms with Crippen molar-refractivity contribution in [1.82, 2.24) is 0 Å². The molecule has 6 heteroatoms. The molecule has 1 heterocycles. The van der Waals surface area contributed by atoms with Gasteiger partial charge in [0, 0.05) is 0 Å². The molecule has 1 aromatic carbocycles. The first-order chi connectivity index (χ1) is 8.67. The summed E-state index contributed by atoms with van der Waals surface area (Å²) in [5, 5.41) is 2.52. The predicted octanol–water partition coefficient (Wildman–Crippen LogP) is 5.12. The fraction of sp³-hybridized carbons (Fsp3) is 0.167. The van der Waals surface area contributed by atoms with Gasteiger partial charge < -0.3 is 0 Å². The van der Waals surface area contributed by atoms with E-state index in [-0.39, 0.29) is 0 Å². The van der Waals surface area contributed by atoms with E-state index < -0.39 is 18.7 Å². The van der Waals surface area contributed by atoms with Crippen LogP contribution in [0.4, 0.5) is 0 Å². The Labute approximate surface area is 126 Å². The van der Waals surface area contributed by atoms with Gasteiger partial charge in [0.25, 0.3) is 0 Å². The zero-order valence-corrected chi connectivity index (χ0v) is 14.2. The molecule has 2 nitrogen and oxygen atoms in total. The number of hydrogen-bond donors (Lipinski definition) is 0. The van der Waals surface area contributed by atoms with Crippen LogP contribution in [0.5, 0.6) is 11.5 Å². The molecule has 0 aliphatic heterocycles. The average molecular weight is 417 g/mol. The van der Waals surface area contributed by atoms with Gasteiger partial charge in [-0.3, -0.25) is 0 Å². The van der Waals surface area contributed by atoms with Crippen molar-refractivity contribution in [3.8, 4) is 11.5 Å². The van der Waals surface area contributed by atoms with E-state index in [4.69, 9.17) is 30.0 Å². The van der Waals surface area contributed by atoms with E-state index in [9.17, 15) is 0 Å². The number of halogens is 3. The van der Waals surface area contributed by atoms with E-state index in [0.717, 1.165) is 3.57 Å². The Morgan fingerprint density at radius 3 is 2.22 bits per heavy atom. The molecule has 0 spiro atoms. The average Bonchev–Trinajstić information content (AvgIpc) is 2.92. The third-order valence-corrected chi connectivity index (χ3v) is 10.8. The van der Waals surface area contributed by atoms with Crippen LogP contribution in [0.2, 0.25) is 5.02 Å². The first kappa shape index (κ1) is 14.2. The molecule has 0 atom stereocenters. The second-order valence-corrected chi connectivity index (χ2v) is 11.0. The van der Waals surface area contributed by atoms with E-state index >= 15 is 0 Å². The van der Waals surface area contributed by atoms with Gasteiger partial charge in [-0.2, -0.15) is 0 Å². The summed E-state index contributed by atoms with van der Waals surface area (Å²) < 4.78 is 12.8. The number of methoxy groups -OCH3 is 2. The third kappa shape index (κ3) is 2.87. The molecule has 18 heavy (non-hydrogen) atoms. The molecular formula is C12H11Cl2IO2S. The van der Waals surface area contributed by atoms with Gasteiger partial charge in [0.2, 0.25) is 0 Å². The Balaban J connectivity index is 2.45. The van der Waals surface area contributed by atoms with Crippen LogP contribution in [0, 0.1) is 6.45 Å². The normalized spacial score (nSPS) is 11.2. The van der Waals surface area contributed by atoms with Gasteiger partial charge in [-0.1, -0.05) is 0 Å². The summed E-state index contributed by atoms with van der Waals surface area (Å²) in [7, 11) is 9.77. The quantitative estimate of drug-likeness (QED) is 0.644. The topological polar surface area (TPSA) is 18.5 Å². The molecule has 98 valence electrons. The molecule has 0 amide bonds. The molecule has 2 rings (SSSR count). The fourth-order valence-corrected chi connectivity index (χ4v) is 7.69. The number of benzene rings is 1. The summed E-state index contributed by atoms with van der Waals surface area (Å²) >= 11 is 5.93. The molecule has 2 aromatic rings. The molecule has 0 N–H and O–H groups in total. The van der Waals surface area contributed by atoms with Crippen molar-refractivity contribution in [2.75, 3.05) is 14.2 Å². The third-order valence-electron chi connectivity index (χ3n) is 2.25. The van der Waals surface area contributed by atoms with Crippen molar-refractivity contribution in [2.24, 2.45) is 0 Å². The summed E-state index contributed by atoms with van der Waals surface area (Å²) in [6.07, 6.45) is 0. The molecule has 0 bridgehead atoms. The van der Waals surface area contributed by atoms with E-state index in [2.05, 4.69) is 6.07 Å². The molecule has 0 radical (unpaired) electrons. The zero-order chi connectivity index (χ0) is 13.1. The summed E-state index contributed by atoms with van der Waals surface area (Å²) in [6.45, 7) is 0. The van der Waals surface area contributed by atoms with Crippen molar-refractivity contribution in [2.45, 2.75) is 0 Å². The maximum absolute atomic E-state index is 6.60. The van der Waals surface area contributed by atoms with Crippen LogP contribution in [0.15, 0.2) is 29.6 Å². The van der Waals surface area contributed by atoms with Crippen LogP contribution in [0.3, 0.4) is 0 Å². The zero-order valence-electron chi connectivity index (χ0n) is 9.75. The Kier molecular flexibility index (Phi) is 5.00. The Bertz CT molecular complexity index is 506. The Morgan fingerprint density at radius 2 is 1.78 bits per heavy atom. The van der Waals surface area contributed by atoms with Crippen molar-refractivity contribution in [1.29, 1.82) is 0 Å². The Hall–Kier alpha value is -0.170. The van der Waals surface area contributed by atoms with Crippen molar-refractivity contribution >= 4 is 50.5 Å². The van der Waals surface area contributed by atoms with Crippen LogP contribution in [-0.2, 0) is 0 Å². The van der Waals surface area contributed by atoms with Crippen LogP contribution in [0.1, 0.15) is 0 Å². The van der Waals surface area contributed by atoms with E-state index in [1.54, 1.807) is 25.6 Å². The standard InChI is InChI=1S/C12H11Cl2IO2S/c1-16-9-6-8(7-10(17-2)12(9)13)15(14)11-4-3-5-18-11/h3-7H,1-2H3. The first-order valence-electron chi connectivity index (χ1n) is 4.98. The van der Waals surface area contributed by atoms with Gasteiger partial charge in [-0.05, 0) is 0 Å². The summed E-state index contributed by atoms with van der Waals surface area (Å²) in [4.78, 5) is 0. The minimum absolute atomic E-state index is 0.482. The van der Waals surface area contributed by atoms with Crippen LogP contribution in [0.25, 0.3) is 0 Å². The monoisotopic (exact) mass is 416 g/mol. The van der Waals surface area contributed by atoms with Crippen LogP contribution < -0.4 is 9.47 Å². The van der Waals surface area contributed by atoms with Crippen LogP contribution in [-0.4, -0.2) is 14.2 Å². The SMILES string of the molecule is COc1cc(I(Cl)c2cccs2)cc(OC)c1Cl. The molecular weight excluding hydrogens is 406 g/mol. The van der Waals surface area contributed by atoms with Crippen molar-refractivity contribution in [3.63, 3.8) is 0 Å². The summed E-state index contributed by atoms with van der Waals surface area (Å²) in [6, 6.07) is 7.89. The van der Waals surface area contributed by atoms with E-state index in [1.807, 2.05) is 23.6 Å². The number of hydrogen-bond acceptors (Lipinski definition) is 3. The second kappa shape index (κ2) is 6.32. The molecule has 1 aromatic heterocycles. The van der Waals surface area contributed by atoms with Gasteiger partial charge in [0.1, 0.15) is 0 Å². The Morgan fingerprint density at radius 1 is 1.17 bits per heavy atom. The molecule has 0 saturated heterocycles.